The number of nitrogens with zero attached hydrogens (tertiary/aromatic N) is 7. The van der Waals surface area contributed by atoms with Crippen LogP contribution in [0.25, 0.3) is 116 Å². The van der Waals surface area contributed by atoms with E-state index in [0.717, 1.165) is 75.5 Å². The Hall–Kier alpha value is -9.46. The highest BCUT2D eigenvalue weighted by Crippen LogP contribution is 2.58. The van der Waals surface area contributed by atoms with Crippen molar-refractivity contribution in [2.45, 2.75) is 231 Å². The predicted octanol–water partition coefficient (Wildman–Crippen LogP) is 24.6. The van der Waals surface area contributed by atoms with E-state index in [4.69, 9.17) is 9.10 Å². The molecule has 0 spiro atoms. The van der Waals surface area contributed by atoms with Gasteiger partial charge in [-0.15, -0.1) is 0 Å². The zero-order valence-corrected chi connectivity index (χ0v) is 71.8. The molecule has 7 nitrogen and oxygen atoms in total. The minimum Gasteiger partial charge on any atom is -0.255 e. The number of para-hydroxylation sites is 1. The van der Waals surface area contributed by atoms with Crippen molar-refractivity contribution >= 4 is 82.1 Å². The van der Waals surface area contributed by atoms with Gasteiger partial charge < -0.3 is 0 Å². The van der Waals surface area contributed by atoms with Crippen LogP contribution in [0.4, 0.5) is 0 Å². The molecule has 18 rings (SSSR count). The second-order valence-corrected chi connectivity index (χ2v) is 38.9. The minimum absolute atomic E-state index is 0.0383. The van der Waals surface area contributed by atoms with Crippen molar-refractivity contribution in [1.82, 2.24) is 18.2 Å². The van der Waals surface area contributed by atoms with Crippen LogP contribution in [0.2, 0.25) is 0 Å². The molecule has 0 bridgehead atoms. The van der Waals surface area contributed by atoms with Crippen molar-refractivity contribution < 1.29 is 17.8 Å². The molecule has 111 heavy (non-hydrogen) atoms. The molecule has 8 aromatic carbocycles. The van der Waals surface area contributed by atoms with Crippen LogP contribution in [-0.2, 0) is 79.3 Å². The Morgan fingerprint density at radius 1 is 0.333 bits per heavy atom. The topological polar surface area (TPSA) is 37.8 Å². The quantitative estimate of drug-likeness (QED) is 0.0939. The lowest BCUT2D eigenvalue weighted by atomic mass is 9.60. The Bertz CT molecular complexity index is 6490. The smallest absolute Gasteiger partial charge is 0.255 e. The van der Waals surface area contributed by atoms with Crippen LogP contribution in [0.5, 0.6) is 0 Å². The molecule has 0 atom stereocenters. The van der Waals surface area contributed by atoms with Crippen molar-refractivity contribution in [3.8, 4) is 33.8 Å². The van der Waals surface area contributed by atoms with E-state index in [1.807, 2.05) is 24.3 Å². The molecule has 3 aliphatic rings. The van der Waals surface area contributed by atoms with E-state index in [1.54, 1.807) is 6.20 Å². The van der Waals surface area contributed by atoms with Gasteiger partial charge in [-0.2, -0.15) is 13.2 Å². The summed E-state index contributed by atoms with van der Waals surface area (Å²) in [4.78, 5) is 4.82. The van der Waals surface area contributed by atoms with Crippen molar-refractivity contribution in [3.05, 3.63) is 242 Å². The first-order valence-electron chi connectivity index (χ1n) is 42.9. The highest BCUT2D eigenvalue weighted by molar-refractivity contribution is 6.17. The summed E-state index contributed by atoms with van der Waals surface area (Å²) in [5, 5.41) is 9.99. The summed E-state index contributed by atoms with van der Waals surface area (Å²) in [7, 11) is 6.74. The Kier molecular flexibility index (Phi) is 16.9. The zero-order valence-electron chi connectivity index (χ0n) is 74.8. The summed E-state index contributed by atoms with van der Waals surface area (Å²) in [6, 6.07) is 56.7. The first-order chi connectivity index (χ1) is 53.5. The lowest BCUT2D eigenvalue weighted by Crippen LogP contribution is -2.44. The first-order valence-corrected chi connectivity index (χ1v) is 41.4. The number of hydrogen-bond acceptors (Lipinski definition) is 1. The van der Waals surface area contributed by atoms with Crippen molar-refractivity contribution in [3.63, 3.8) is 0 Å². The number of aryl methyl sites for hydroxylation is 8. The van der Waals surface area contributed by atoms with Crippen LogP contribution in [0.15, 0.2) is 158 Å². The number of aromatic nitrogens is 7. The number of fused-ring (bicyclic) bond motifs is 9. The molecule has 0 aliphatic carbocycles. The summed E-state index contributed by atoms with van der Waals surface area (Å²) >= 11 is 0. The van der Waals surface area contributed by atoms with Crippen molar-refractivity contribution in [1.29, 1.82) is 0 Å². The Morgan fingerprint density at radius 2 is 0.694 bits per heavy atom. The maximum Gasteiger partial charge on any atom is 0.297 e. The average Bonchev–Trinajstić information content (AvgIpc) is 1.47. The molecule has 0 saturated carbocycles. The van der Waals surface area contributed by atoms with Gasteiger partial charge in [0, 0.05) is 97.7 Å². The summed E-state index contributed by atoms with van der Waals surface area (Å²) in [5.41, 5.74) is 34.7. The standard InChI is InChI=1S/C38H47N2.C37H45N2.C29H30N3/c1-22(2)17-26-19-27(18-23(3)4)21-28(20-26)33-35-38(9,10)37(7,8)30-16-15-25(6)31-29-14-12-13-24(5)32(29)36(39(33)11)40(35)34(30)31;1-22(2)17-25-19-26(18-23(3)4)21-27(20-25)32-34-37(8,9)36(6,7)30-16-12-15-29-28-14-11-13-24(5)31(28)35(38(32)10)39(34)33(29)30;1-17-13-14-20-25-21(17)23-22(18(2)15-16-30-23)27-31(7)24(19-11-9-8-10-12-19)26(32(25)27)29(5,6)28(20,3)4/h12-16,19-23H,17-18H2,1-11H3;11-16,19-23H,17-18H2,1-10H3;8-16H,1-7H3/q3*+1/i;;1D3. The SMILES string of the molecule is Cc1ccc2c3c1c1cccc(C)c1c1n3c(c(-c3cc(CC(C)C)cc(CC(C)C)c3)[n+]1C)C(C)(C)C2(C)C.Cc1cccc2c3cccc4c3n3c(c(-c5cc(CC(C)C)cc(CC(C)C)c5)[n+](C)c3c12)C(C)(C)C4(C)C.[2H]C([2H])([2H])c1ccc2c3c1c1nccc(C)c1c1n3c(c(-c3ccccc3)[n+]1C)C(C)(C)C2(C)C. The van der Waals surface area contributed by atoms with Crippen molar-refractivity contribution in [2.24, 2.45) is 44.8 Å². The van der Waals surface area contributed by atoms with Crippen LogP contribution in [0, 0.1) is 58.2 Å². The number of pyridine rings is 4. The largest absolute Gasteiger partial charge is 0.297 e. The number of benzene rings is 8. The van der Waals surface area contributed by atoms with E-state index in [0.29, 0.717) is 29.2 Å². The van der Waals surface area contributed by atoms with E-state index < -0.39 is 6.85 Å². The molecule has 0 unspecified atom stereocenters. The number of imidazole rings is 3. The molecule has 0 fully saturated rings. The Morgan fingerprint density at radius 3 is 1.14 bits per heavy atom. The second-order valence-electron chi connectivity index (χ2n) is 38.9. The molecule has 0 saturated heterocycles. The van der Waals surface area contributed by atoms with Crippen LogP contribution >= 0.6 is 0 Å². The molecular weight excluding hydrogens is 1350 g/mol. The van der Waals surface area contributed by atoms with Gasteiger partial charge in [-0.25, -0.2) is 13.7 Å². The normalized spacial score (nSPS) is 16.6. The van der Waals surface area contributed by atoms with Crippen LogP contribution in [-0.4, -0.2) is 18.2 Å². The Labute approximate surface area is 665 Å². The van der Waals surface area contributed by atoms with E-state index in [1.165, 1.54) is 144 Å². The molecule has 0 amide bonds. The molecule has 570 valence electrons. The molecular formula is C104H122N7+3. The summed E-state index contributed by atoms with van der Waals surface area (Å²) in [5.74, 6) is 2.50. The third kappa shape index (κ3) is 10.9. The highest BCUT2D eigenvalue weighted by atomic mass is 15.2. The van der Waals surface area contributed by atoms with Gasteiger partial charge in [0.25, 0.3) is 16.9 Å². The maximum atomic E-state index is 8.38. The lowest BCUT2D eigenvalue weighted by Gasteiger charge is -2.43. The first kappa shape index (κ1) is 71.8. The van der Waals surface area contributed by atoms with Gasteiger partial charge in [-0.05, 0) is 164 Å². The van der Waals surface area contributed by atoms with Crippen molar-refractivity contribution in [2.75, 3.05) is 0 Å². The van der Waals surface area contributed by atoms with Crippen LogP contribution in [0.1, 0.15) is 226 Å². The van der Waals surface area contributed by atoms with Gasteiger partial charge in [0.2, 0.25) is 0 Å². The fraction of sp³-hybridized carbons (Fsp3) is 0.404. The number of hydrogen-bond donors (Lipinski definition) is 0. The van der Waals surface area contributed by atoms with Gasteiger partial charge in [0.15, 0.2) is 34.2 Å². The van der Waals surface area contributed by atoms with Gasteiger partial charge in [-0.1, -0.05) is 260 Å². The zero-order chi connectivity index (χ0) is 82.0. The molecule has 0 radical (unpaired) electrons. The van der Waals surface area contributed by atoms with E-state index >= 15 is 0 Å². The predicted molar refractivity (Wildman–Crippen MR) is 471 cm³/mol. The third-order valence-corrected chi connectivity index (χ3v) is 28.1. The fourth-order valence-corrected chi connectivity index (χ4v) is 21.0. The van der Waals surface area contributed by atoms with Crippen LogP contribution < -0.4 is 13.7 Å². The van der Waals surface area contributed by atoms with Gasteiger partial charge in [-0.3, -0.25) is 4.98 Å². The summed E-state index contributed by atoms with van der Waals surface area (Å²) in [6.45, 7) is 54.2. The fourth-order valence-electron chi connectivity index (χ4n) is 21.0. The Balaban J connectivity index is 0.000000129. The lowest BCUT2D eigenvalue weighted by molar-refractivity contribution is -0.632. The van der Waals surface area contributed by atoms with Crippen LogP contribution in [0.3, 0.4) is 0 Å². The molecule has 15 aromatic rings. The molecule has 0 N–H and O–H groups in total. The molecule has 7 heteroatoms. The summed E-state index contributed by atoms with van der Waals surface area (Å²) in [6.07, 6.45) is 6.22. The monoisotopic (exact) mass is 1470 g/mol. The molecule has 10 heterocycles. The average molecular weight is 1470 g/mol. The maximum absolute atomic E-state index is 8.38. The van der Waals surface area contributed by atoms with Gasteiger partial charge >= 0.3 is 0 Å². The highest BCUT2D eigenvalue weighted by Gasteiger charge is 2.56. The van der Waals surface area contributed by atoms with E-state index in [-0.39, 0.29) is 32.5 Å². The molecule has 3 aliphatic heterocycles. The number of rotatable bonds is 11. The summed E-state index contributed by atoms with van der Waals surface area (Å²) < 4.78 is 40.2. The van der Waals surface area contributed by atoms with Gasteiger partial charge in [0.05, 0.1) is 48.2 Å². The van der Waals surface area contributed by atoms with Gasteiger partial charge in [0.1, 0.15) is 16.6 Å². The van der Waals surface area contributed by atoms with E-state index in [2.05, 4.69) is 342 Å². The molecule has 7 aromatic heterocycles. The third-order valence-electron chi connectivity index (χ3n) is 28.1. The second kappa shape index (κ2) is 26.1. The van der Waals surface area contributed by atoms with E-state index in [9.17, 15) is 0 Å². The minimum atomic E-state index is -2.25.